The maximum absolute atomic E-state index is 12.6. The van der Waals surface area contributed by atoms with Crippen LogP contribution in [0.15, 0.2) is 54.6 Å². The number of aromatic nitrogens is 2. The Balaban J connectivity index is 1.38. The van der Waals surface area contributed by atoms with E-state index in [0.29, 0.717) is 12.3 Å². The first-order chi connectivity index (χ1) is 12.7. The van der Waals surface area contributed by atoms with Crippen LogP contribution in [0, 0.1) is 12.8 Å². The summed E-state index contributed by atoms with van der Waals surface area (Å²) in [6, 6.07) is 9.76. The first-order valence-corrected chi connectivity index (χ1v) is 9.28. The summed E-state index contributed by atoms with van der Waals surface area (Å²) in [4.78, 5) is 25.8. The fraction of sp³-hybridized carbons (Fsp3) is 0.381. The number of benzene rings is 1. The fourth-order valence-electron chi connectivity index (χ4n) is 3.77. The summed E-state index contributed by atoms with van der Waals surface area (Å²) in [6.45, 7) is 4.85. The SMILES string of the molecule is Cc1ccc(C(=O)CC2CCC3=CN(c4ncccn4)CCN3C2)cc1. The predicted octanol–water partition coefficient (Wildman–Crippen LogP) is 3.43. The number of allylic oxidation sites excluding steroid dienone is 1. The Morgan fingerprint density at radius 3 is 2.69 bits per heavy atom. The quantitative estimate of drug-likeness (QED) is 0.792. The van der Waals surface area contributed by atoms with Gasteiger partial charge in [0.05, 0.1) is 0 Å². The van der Waals surface area contributed by atoms with Gasteiger partial charge in [0.1, 0.15) is 0 Å². The van der Waals surface area contributed by atoms with Gasteiger partial charge < -0.3 is 9.80 Å². The molecule has 2 aliphatic rings. The highest BCUT2D eigenvalue weighted by Gasteiger charge is 2.28. The van der Waals surface area contributed by atoms with E-state index in [4.69, 9.17) is 0 Å². The van der Waals surface area contributed by atoms with Crippen molar-refractivity contribution >= 4 is 11.7 Å². The van der Waals surface area contributed by atoms with Crippen molar-refractivity contribution in [2.45, 2.75) is 26.2 Å². The smallest absolute Gasteiger partial charge is 0.229 e. The monoisotopic (exact) mass is 348 g/mol. The third-order valence-corrected chi connectivity index (χ3v) is 5.27. The topological polar surface area (TPSA) is 49.3 Å². The molecule has 5 nitrogen and oxygen atoms in total. The van der Waals surface area contributed by atoms with E-state index in [0.717, 1.165) is 44.0 Å². The number of hydrogen-bond donors (Lipinski definition) is 0. The zero-order valence-corrected chi connectivity index (χ0v) is 15.1. The van der Waals surface area contributed by atoms with Gasteiger partial charge in [0, 0.05) is 55.9 Å². The Labute approximate surface area is 154 Å². The van der Waals surface area contributed by atoms with E-state index in [-0.39, 0.29) is 5.78 Å². The molecule has 0 spiro atoms. The van der Waals surface area contributed by atoms with E-state index >= 15 is 0 Å². The zero-order valence-electron chi connectivity index (χ0n) is 15.1. The first-order valence-electron chi connectivity index (χ1n) is 9.28. The Kier molecular flexibility index (Phi) is 4.69. The minimum atomic E-state index is 0.263. The number of Topliss-reactive ketones (excluding diaryl/α,β-unsaturated/α-hetero) is 1. The number of carbonyl (C=O) groups is 1. The summed E-state index contributed by atoms with van der Waals surface area (Å²) in [6.07, 6.45) is 8.44. The molecule has 1 atom stereocenters. The summed E-state index contributed by atoms with van der Waals surface area (Å²) in [5, 5.41) is 0. The fourth-order valence-corrected chi connectivity index (χ4v) is 3.77. The lowest BCUT2D eigenvalue weighted by molar-refractivity contribution is 0.0935. The number of anilines is 1. The molecule has 0 N–H and O–H groups in total. The van der Waals surface area contributed by atoms with Gasteiger partial charge >= 0.3 is 0 Å². The van der Waals surface area contributed by atoms with Crippen LogP contribution in [0.3, 0.4) is 0 Å². The van der Waals surface area contributed by atoms with Crippen molar-refractivity contribution in [1.29, 1.82) is 0 Å². The number of rotatable bonds is 4. The highest BCUT2D eigenvalue weighted by molar-refractivity contribution is 5.96. The van der Waals surface area contributed by atoms with Crippen molar-refractivity contribution < 1.29 is 4.79 Å². The van der Waals surface area contributed by atoms with Gasteiger partial charge in [-0.05, 0) is 31.7 Å². The van der Waals surface area contributed by atoms with Crippen molar-refractivity contribution in [3.8, 4) is 0 Å². The van der Waals surface area contributed by atoms with Gasteiger partial charge in [-0.25, -0.2) is 9.97 Å². The number of nitrogens with zero attached hydrogens (tertiary/aromatic N) is 4. The molecular formula is C21H24N4O. The van der Waals surface area contributed by atoms with E-state index in [1.165, 1.54) is 11.3 Å². The van der Waals surface area contributed by atoms with Crippen LogP contribution in [0.5, 0.6) is 0 Å². The molecule has 1 aromatic carbocycles. The molecule has 1 aromatic heterocycles. The molecule has 0 amide bonds. The van der Waals surface area contributed by atoms with Crippen molar-refractivity contribution in [2.75, 3.05) is 24.5 Å². The summed E-state index contributed by atoms with van der Waals surface area (Å²) in [5.41, 5.74) is 3.36. The molecule has 5 heteroatoms. The number of fused-ring (bicyclic) bond motifs is 1. The Morgan fingerprint density at radius 1 is 1.15 bits per heavy atom. The predicted molar refractivity (Wildman–Crippen MR) is 102 cm³/mol. The Hall–Kier alpha value is -2.69. The lowest BCUT2D eigenvalue weighted by Crippen LogP contribution is -2.44. The van der Waals surface area contributed by atoms with Gasteiger partial charge in [-0.2, -0.15) is 0 Å². The highest BCUT2D eigenvalue weighted by Crippen LogP contribution is 2.30. The molecule has 0 aliphatic carbocycles. The van der Waals surface area contributed by atoms with Crippen LogP contribution in [0.1, 0.15) is 35.2 Å². The van der Waals surface area contributed by atoms with E-state index < -0.39 is 0 Å². The second kappa shape index (κ2) is 7.28. The molecule has 134 valence electrons. The van der Waals surface area contributed by atoms with Crippen molar-refractivity contribution in [3.63, 3.8) is 0 Å². The molecule has 2 aliphatic heterocycles. The number of ketones is 1. The van der Waals surface area contributed by atoms with Crippen LogP contribution in [0.4, 0.5) is 5.95 Å². The summed E-state index contributed by atoms with van der Waals surface area (Å²) < 4.78 is 0. The van der Waals surface area contributed by atoms with Gasteiger partial charge in [0.2, 0.25) is 5.95 Å². The van der Waals surface area contributed by atoms with Crippen LogP contribution in [-0.2, 0) is 0 Å². The average molecular weight is 348 g/mol. The van der Waals surface area contributed by atoms with Crippen LogP contribution in [0.25, 0.3) is 0 Å². The van der Waals surface area contributed by atoms with E-state index in [2.05, 4.69) is 26.0 Å². The lowest BCUT2D eigenvalue weighted by Gasteiger charge is -2.41. The van der Waals surface area contributed by atoms with Crippen LogP contribution >= 0.6 is 0 Å². The molecule has 3 heterocycles. The molecule has 1 unspecified atom stereocenters. The van der Waals surface area contributed by atoms with Gasteiger partial charge in [-0.3, -0.25) is 4.79 Å². The molecule has 0 radical (unpaired) electrons. The van der Waals surface area contributed by atoms with Gasteiger partial charge in [-0.15, -0.1) is 0 Å². The first kappa shape index (κ1) is 16.8. The van der Waals surface area contributed by atoms with Crippen molar-refractivity contribution in [1.82, 2.24) is 14.9 Å². The molecule has 26 heavy (non-hydrogen) atoms. The maximum Gasteiger partial charge on any atom is 0.229 e. The van der Waals surface area contributed by atoms with E-state index in [1.54, 1.807) is 12.4 Å². The Bertz CT molecular complexity index is 801. The normalized spacial score (nSPS) is 19.7. The summed E-state index contributed by atoms with van der Waals surface area (Å²) >= 11 is 0. The second-order valence-corrected chi connectivity index (χ2v) is 7.21. The van der Waals surface area contributed by atoms with Crippen molar-refractivity contribution in [2.24, 2.45) is 5.92 Å². The third kappa shape index (κ3) is 3.62. The number of hydrogen-bond acceptors (Lipinski definition) is 5. The molecule has 1 saturated heterocycles. The van der Waals surface area contributed by atoms with Gasteiger partial charge in [0.25, 0.3) is 0 Å². The molecule has 4 rings (SSSR count). The molecule has 2 aromatic rings. The molecule has 1 fully saturated rings. The van der Waals surface area contributed by atoms with Crippen LogP contribution in [0.2, 0.25) is 0 Å². The van der Waals surface area contributed by atoms with Gasteiger partial charge in [0.15, 0.2) is 5.78 Å². The lowest BCUT2D eigenvalue weighted by atomic mass is 9.89. The largest absolute Gasteiger partial charge is 0.372 e. The van der Waals surface area contributed by atoms with Gasteiger partial charge in [-0.1, -0.05) is 29.8 Å². The zero-order chi connectivity index (χ0) is 17.9. The number of aryl methyl sites for hydroxylation is 1. The van der Waals surface area contributed by atoms with Crippen molar-refractivity contribution in [3.05, 3.63) is 65.7 Å². The molecule has 0 saturated carbocycles. The minimum absolute atomic E-state index is 0.263. The third-order valence-electron chi connectivity index (χ3n) is 5.27. The van der Waals surface area contributed by atoms with Crippen LogP contribution < -0.4 is 4.90 Å². The Morgan fingerprint density at radius 2 is 1.92 bits per heavy atom. The highest BCUT2D eigenvalue weighted by atomic mass is 16.1. The van der Waals surface area contributed by atoms with Crippen LogP contribution in [-0.4, -0.2) is 40.3 Å². The maximum atomic E-state index is 12.6. The minimum Gasteiger partial charge on any atom is -0.372 e. The average Bonchev–Trinajstić information content (AvgIpc) is 2.69. The molecular weight excluding hydrogens is 324 g/mol. The van der Waals surface area contributed by atoms with E-state index in [9.17, 15) is 4.79 Å². The number of piperidine rings is 1. The second-order valence-electron chi connectivity index (χ2n) is 7.21. The standard InChI is InChI=1S/C21H24N4O/c1-16-3-6-18(7-4-16)20(26)13-17-5-8-19-15-25(12-11-24(19)14-17)21-22-9-2-10-23-21/h2-4,6-7,9-10,15,17H,5,8,11-14H2,1H3. The summed E-state index contributed by atoms with van der Waals surface area (Å²) in [7, 11) is 0. The molecule has 0 bridgehead atoms. The summed E-state index contributed by atoms with van der Waals surface area (Å²) in [5.74, 6) is 1.45. The van der Waals surface area contributed by atoms with E-state index in [1.807, 2.05) is 37.3 Å². The number of carbonyl (C=O) groups excluding carboxylic acids is 1.